The van der Waals surface area contributed by atoms with Crippen molar-refractivity contribution in [2.45, 2.75) is 31.8 Å². The zero-order valence-electron chi connectivity index (χ0n) is 17.5. The van der Waals surface area contributed by atoms with Crippen LogP contribution in [0.4, 0.5) is 5.69 Å². The number of carbonyl (C=O) groups is 2. The Bertz CT molecular complexity index is 952. The predicted molar refractivity (Wildman–Crippen MR) is 115 cm³/mol. The molecule has 4 rings (SSSR count). The Hall–Kier alpha value is -2.70. The van der Waals surface area contributed by atoms with Crippen LogP contribution in [0, 0.1) is 5.92 Å². The average molecular weight is 408 g/mol. The Morgan fingerprint density at radius 3 is 2.63 bits per heavy atom. The number of ether oxygens (including phenoxy) is 1. The summed E-state index contributed by atoms with van der Waals surface area (Å²) in [7, 11) is 1.53. The quantitative estimate of drug-likeness (QED) is 0.744. The molecule has 6 heteroatoms. The van der Waals surface area contributed by atoms with Crippen LogP contribution in [-0.4, -0.2) is 48.6 Å². The van der Waals surface area contributed by atoms with Crippen LogP contribution in [0.3, 0.4) is 0 Å². The molecule has 1 unspecified atom stereocenters. The molecule has 0 spiro atoms. The Morgan fingerprint density at radius 2 is 1.90 bits per heavy atom. The first-order chi connectivity index (χ1) is 14.4. The number of aliphatic hydroxyl groups is 1. The maximum Gasteiger partial charge on any atom is 0.265 e. The van der Waals surface area contributed by atoms with Crippen molar-refractivity contribution in [2.24, 2.45) is 5.92 Å². The summed E-state index contributed by atoms with van der Waals surface area (Å²) in [6.07, 6.45) is 1.90. The van der Waals surface area contributed by atoms with Crippen molar-refractivity contribution in [3.05, 3.63) is 59.7 Å². The number of carbonyl (C=O) groups excluding carboxylic acids is 2. The maximum atomic E-state index is 13.4. The van der Waals surface area contributed by atoms with E-state index in [0.29, 0.717) is 35.2 Å². The van der Waals surface area contributed by atoms with Gasteiger partial charge in [-0.25, -0.2) is 0 Å². The number of anilines is 1. The van der Waals surface area contributed by atoms with Gasteiger partial charge in [-0.3, -0.25) is 19.4 Å². The number of benzene rings is 2. The lowest BCUT2D eigenvalue weighted by molar-refractivity contribution is -0.136. The molecule has 0 saturated carbocycles. The molecule has 0 aliphatic carbocycles. The fraction of sp³-hybridized carbons (Fsp3) is 0.417. The molecule has 1 amide bonds. The number of amides is 1. The van der Waals surface area contributed by atoms with Crippen LogP contribution >= 0.6 is 0 Å². The van der Waals surface area contributed by atoms with Gasteiger partial charge in [0.2, 0.25) is 0 Å². The monoisotopic (exact) mass is 408 g/mol. The minimum atomic E-state index is -1.86. The highest BCUT2D eigenvalue weighted by Gasteiger charge is 2.51. The number of Topliss-reactive ketones (excluding diaryl/α,β-unsaturated/α-hetero) is 1. The summed E-state index contributed by atoms with van der Waals surface area (Å²) >= 11 is 0. The van der Waals surface area contributed by atoms with E-state index in [2.05, 4.69) is 11.8 Å². The molecule has 0 aromatic heterocycles. The van der Waals surface area contributed by atoms with Crippen LogP contribution in [0.25, 0.3) is 0 Å². The molecule has 2 heterocycles. The van der Waals surface area contributed by atoms with Crippen molar-refractivity contribution in [1.82, 2.24) is 4.90 Å². The van der Waals surface area contributed by atoms with Crippen molar-refractivity contribution in [1.29, 1.82) is 0 Å². The molecule has 2 aliphatic heterocycles. The van der Waals surface area contributed by atoms with Gasteiger partial charge in [0.1, 0.15) is 5.75 Å². The lowest BCUT2D eigenvalue weighted by atomic mass is 9.88. The normalized spacial score (nSPS) is 22.2. The van der Waals surface area contributed by atoms with Gasteiger partial charge in [-0.1, -0.05) is 37.3 Å². The minimum Gasteiger partial charge on any atom is -0.497 e. The lowest BCUT2D eigenvalue weighted by Gasteiger charge is -2.34. The van der Waals surface area contributed by atoms with E-state index in [9.17, 15) is 14.7 Å². The SMILES string of the molecule is COc1cccc(C(=O)CC2(O)C(=O)N(CN3CCC(C)CC3)c3ccccc32)c1. The summed E-state index contributed by atoms with van der Waals surface area (Å²) in [6.45, 7) is 4.53. The van der Waals surface area contributed by atoms with Gasteiger partial charge < -0.3 is 9.84 Å². The van der Waals surface area contributed by atoms with Crippen molar-refractivity contribution >= 4 is 17.4 Å². The number of hydrogen-bond donors (Lipinski definition) is 1. The number of hydrogen-bond acceptors (Lipinski definition) is 5. The van der Waals surface area contributed by atoms with Gasteiger partial charge in [0.15, 0.2) is 11.4 Å². The smallest absolute Gasteiger partial charge is 0.265 e. The molecule has 0 radical (unpaired) electrons. The van der Waals surface area contributed by atoms with Crippen LogP contribution < -0.4 is 9.64 Å². The molecule has 2 aromatic carbocycles. The summed E-state index contributed by atoms with van der Waals surface area (Å²) in [5, 5.41) is 11.5. The molecule has 1 N–H and O–H groups in total. The predicted octanol–water partition coefficient (Wildman–Crippen LogP) is 3.19. The second kappa shape index (κ2) is 8.20. The molecule has 1 fully saturated rings. The second-order valence-corrected chi connectivity index (χ2v) is 8.38. The number of nitrogens with zero attached hydrogens (tertiary/aromatic N) is 2. The van der Waals surface area contributed by atoms with Gasteiger partial charge in [-0.05, 0) is 37.0 Å². The van der Waals surface area contributed by atoms with E-state index in [1.54, 1.807) is 41.3 Å². The van der Waals surface area contributed by atoms with Crippen LogP contribution in [-0.2, 0) is 10.4 Å². The Morgan fingerprint density at radius 1 is 1.17 bits per heavy atom. The van der Waals surface area contributed by atoms with Crippen molar-refractivity contribution in [2.75, 3.05) is 31.8 Å². The van der Waals surface area contributed by atoms with E-state index < -0.39 is 11.5 Å². The van der Waals surface area contributed by atoms with E-state index >= 15 is 0 Å². The second-order valence-electron chi connectivity index (χ2n) is 8.38. The fourth-order valence-electron chi connectivity index (χ4n) is 4.35. The Kier molecular flexibility index (Phi) is 5.62. The van der Waals surface area contributed by atoms with Gasteiger partial charge in [0.25, 0.3) is 5.91 Å². The molecule has 2 aromatic rings. The summed E-state index contributed by atoms with van der Waals surface area (Å²) in [5.41, 5.74) is -0.268. The maximum absolute atomic E-state index is 13.4. The summed E-state index contributed by atoms with van der Waals surface area (Å²) in [4.78, 5) is 30.2. The first-order valence-electron chi connectivity index (χ1n) is 10.5. The highest BCUT2D eigenvalue weighted by molar-refractivity contribution is 6.10. The number of ketones is 1. The van der Waals surface area contributed by atoms with E-state index in [1.807, 2.05) is 12.1 Å². The molecular formula is C24H28N2O4. The van der Waals surface area contributed by atoms with Crippen LogP contribution in [0.15, 0.2) is 48.5 Å². The van der Waals surface area contributed by atoms with Crippen LogP contribution in [0.5, 0.6) is 5.75 Å². The number of methoxy groups -OCH3 is 1. The Labute approximate surface area is 177 Å². The molecule has 158 valence electrons. The number of likely N-dealkylation sites (tertiary alicyclic amines) is 1. The molecule has 30 heavy (non-hydrogen) atoms. The molecule has 1 atom stereocenters. The van der Waals surface area contributed by atoms with E-state index in [1.165, 1.54) is 7.11 Å². The molecule has 1 saturated heterocycles. The highest BCUT2D eigenvalue weighted by Crippen LogP contribution is 2.43. The molecule has 6 nitrogen and oxygen atoms in total. The van der Waals surface area contributed by atoms with E-state index in [0.717, 1.165) is 25.9 Å². The summed E-state index contributed by atoms with van der Waals surface area (Å²) in [6, 6.07) is 14.0. The van der Waals surface area contributed by atoms with E-state index in [4.69, 9.17) is 4.74 Å². The first kappa shape index (κ1) is 20.6. The largest absolute Gasteiger partial charge is 0.497 e. The van der Waals surface area contributed by atoms with E-state index in [-0.39, 0.29) is 12.2 Å². The minimum absolute atomic E-state index is 0.298. The number of rotatable bonds is 6. The van der Waals surface area contributed by atoms with Crippen molar-refractivity contribution in [3.8, 4) is 5.75 Å². The topological polar surface area (TPSA) is 70.1 Å². The van der Waals surface area contributed by atoms with Gasteiger partial charge in [-0.2, -0.15) is 0 Å². The zero-order chi connectivity index (χ0) is 21.3. The third-order valence-electron chi connectivity index (χ3n) is 6.27. The number of para-hydroxylation sites is 1. The van der Waals surface area contributed by atoms with Crippen LogP contribution in [0.2, 0.25) is 0 Å². The number of piperidine rings is 1. The van der Waals surface area contributed by atoms with Gasteiger partial charge in [-0.15, -0.1) is 0 Å². The Balaban J connectivity index is 1.59. The molecule has 2 aliphatic rings. The zero-order valence-corrected chi connectivity index (χ0v) is 17.5. The van der Waals surface area contributed by atoms with Gasteiger partial charge in [0.05, 0.1) is 25.9 Å². The average Bonchev–Trinajstić information content (AvgIpc) is 2.97. The van der Waals surface area contributed by atoms with Crippen LogP contribution in [0.1, 0.15) is 42.1 Å². The van der Waals surface area contributed by atoms with Gasteiger partial charge in [0, 0.05) is 24.2 Å². The summed E-state index contributed by atoms with van der Waals surface area (Å²) < 4.78 is 5.19. The summed E-state index contributed by atoms with van der Waals surface area (Å²) in [5.74, 6) is 0.527. The number of fused-ring (bicyclic) bond motifs is 1. The third-order valence-corrected chi connectivity index (χ3v) is 6.27. The lowest BCUT2D eigenvalue weighted by Crippen LogP contribution is -2.48. The van der Waals surface area contributed by atoms with Crippen molar-refractivity contribution in [3.63, 3.8) is 0 Å². The third kappa shape index (κ3) is 3.73. The molecular weight excluding hydrogens is 380 g/mol. The standard InChI is InChI=1S/C24H28N2O4/c1-17-10-12-25(13-11-17)16-26-21-9-4-3-8-20(21)24(29,23(26)28)15-22(27)18-6-5-7-19(14-18)30-2/h3-9,14,17,29H,10-13,15-16H2,1-2H3. The van der Waals surface area contributed by atoms with Crippen molar-refractivity contribution < 1.29 is 19.4 Å². The highest BCUT2D eigenvalue weighted by atomic mass is 16.5. The molecule has 0 bridgehead atoms. The first-order valence-corrected chi connectivity index (χ1v) is 10.5. The van der Waals surface area contributed by atoms with Gasteiger partial charge >= 0.3 is 0 Å². The fourth-order valence-corrected chi connectivity index (χ4v) is 4.35.